The summed E-state index contributed by atoms with van der Waals surface area (Å²) in [5, 5.41) is 3.01. The summed E-state index contributed by atoms with van der Waals surface area (Å²) in [6.45, 7) is 4.37. The number of methoxy groups -OCH3 is 1. The normalized spacial score (nSPS) is 11.1. The predicted molar refractivity (Wildman–Crippen MR) is 48.7 cm³/mol. The lowest BCUT2D eigenvalue weighted by Crippen LogP contribution is -2.23. The fourth-order valence-corrected chi connectivity index (χ4v) is 0.846. The molecule has 0 aliphatic carbocycles. The number of hydrogen-bond acceptors (Lipinski definition) is 3. The minimum atomic E-state index is -0.231. The van der Waals surface area contributed by atoms with Crippen LogP contribution >= 0.6 is 0 Å². The van der Waals surface area contributed by atoms with Crippen molar-refractivity contribution in [2.75, 3.05) is 13.7 Å². The van der Waals surface area contributed by atoms with E-state index in [-0.39, 0.29) is 12.5 Å². The number of carbonyl (C=O) groups is 1. The first-order chi connectivity index (χ1) is 5.74. The van der Waals surface area contributed by atoms with Crippen LogP contribution in [-0.2, 0) is 9.53 Å². The molecule has 0 saturated heterocycles. The highest BCUT2D eigenvalue weighted by molar-refractivity contribution is 5.71. The van der Waals surface area contributed by atoms with Gasteiger partial charge < -0.3 is 10.1 Å². The standard InChI is InChI=1S/C9H17NO2/c1-4-6-8(5-2)10-7-9(11)12-3/h6,10H,4-5,7H2,1-3H3/b8-6+. The van der Waals surface area contributed by atoms with Crippen molar-refractivity contribution < 1.29 is 9.53 Å². The van der Waals surface area contributed by atoms with E-state index in [9.17, 15) is 4.79 Å². The SMILES string of the molecule is CC/C=C(\CC)NCC(=O)OC. The first-order valence-electron chi connectivity index (χ1n) is 4.24. The van der Waals surface area contributed by atoms with Crippen molar-refractivity contribution in [2.45, 2.75) is 26.7 Å². The molecule has 0 rings (SSSR count). The smallest absolute Gasteiger partial charge is 0.325 e. The third-order valence-electron chi connectivity index (χ3n) is 1.52. The molecule has 0 unspecified atom stereocenters. The third-order valence-corrected chi connectivity index (χ3v) is 1.52. The minimum Gasteiger partial charge on any atom is -0.468 e. The van der Waals surface area contributed by atoms with Gasteiger partial charge in [-0.3, -0.25) is 4.79 Å². The van der Waals surface area contributed by atoms with E-state index in [1.807, 2.05) is 6.92 Å². The average Bonchev–Trinajstić information content (AvgIpc) is 2.11. The molecule has 3 nitrogen and oxygen atoms in total. The second kappa shape index (κ2) is 6.70. The summed E-state index contributed by atoms with van der Waals surface area (Å²) in [6.07, 6.45) is 3.98. The van der Waals surface area contributed by atoms with Crippen LogP contribution in [0, 0.1) is 0 Å². The van der Waals surface area contributed by atoms with Crippen LogP contribution in [0.5, 0.6) is 0 Å². The molecule has 0 aliphatic heterocycles. The monoisotopic (exact) mass is 171 g/mol. The van der Waals surface area contributed by atoms with Gasteiger partial charge >= 0.3 is 5.97 Å². The zero-order chi connectivity index (χ0) is 9.40. The van der Waals surface area contributed by atoms with Gasteiger partial charge in [0.05, 0.1) is 7.11 Å². The van der Waals surface area contributed by atoms with Crippen LogP contribution in [0.25, 0.3) is 0 Å². The van der Waals surface area contributed by atoms with Crippen LogP contribution in [0.3, 0.4) is 0 Å². The predicted octanol–water partition coefficient (Wildman–Crippen LogP) is 1.45. The number of esters is 1. The van der Waals surface area contributed by atoms with Crippen molar-refractivity contribution in [2.24, 2.45) is 0 Å². The molecule has 3 heteroatoms. The van der Waals surface area contributed by atoms with E-state index in [0.717, 1.165) is 18.5 Å². The molecule has 0 bridgehead atoms. The molecule has 70 valence electrons. The molecule has 0 spiro atoms. The van der Waals surface area contributed by atoms with Crippen LogP contribution in [0.2, 0.25) is 0 Å². The van der Waals surface area contributed by atoms with E-state index in [1.165, 1.54) is 7.11 Å². The molecular weight excluding hydrogens is 154 g/mol. The third kappa shape index (κ3) is 4.77. The van der Waals surface area contributed by atoms with Crippen LogP contribution in [-0.4, -0.2) is 19.6 Å². The summed E-state index contributed by atoms with van der Waals surface area (Å²) in [5.74, 6) is -0.231. The van der Waals surface area contributed by atoms with Crippen molar-refractivity contribution in [1.29, 1.82) is 0 Å². The van der Waals surface area contributed by atoms with E-state index in [4.69, 9.17) is 0 Å². The molecule has 12 heavy (non-hydrogen) atoms. The van der Waals surface area contributed by atoms with Gasteiger partial charge in [-0.25, -0.2) is 0 Å². The number of rotatable bonds is 5. The average molecular weight is 171 g/mol. The van der Waals surface area contributed by atoms with Gasteiger partial charge in [0.2, 0.25) is 0 Å². The summed E-state index contributed by atoms with van der Waals surface area (Å²) in [6, 6.07) is 0. The lowest BCUT2D eigenvalue weighted by molar-refractivity contribution is -0.139. The highest BCUT2D eigenvalue weighted by atomic mass is 16.5. The molecule has 0 radical (unpaired) electrons. The van der Waals surface area contributed by atoms with Gasteiger partial charge in [-0.05, 0) is 12.8 Å². The van der Waals surface area contributed by atoms with Crippen molar-refractivity contribution in [3.05, 3.63) is 11.8 Å². The first-order valence-corrected chi connectivity index (χ1v) is 4.24. The quantitative estimate of drug-likeness (QED) is 0.636. The Labute approximate surface area is 73.8 Å². The van der Waals surface area contributed by atoms with Gasteiger partial charge in [-0.15, -0.1) is 0 Å². The zero-order valence-electron chi connectivity index (χ0n) is 8.02. The number of nitrogens with one attached hydrogen (secondary N) is 1. The van der Waals surface area contributed by atoms with E-state index in [2.05, 4.69) is 23.1 Å². The van der Waals surface area contributed by atoms with Crippen LogP contribution in [0.4, 0.5) is 0 Å². The molecule has 0 fully saturated rings. The topological polar surface area (TPSA) is 38.3 Å². The van der Waals surface area contributed by atoms with E-state index < -0.39 is 0 Å². The maximum atomic E-state index is 10.7. The summed E-state index contributed by atoms with van der Waals surface area (Å²) in [7, 11) is 1.39. The minimum absolute atomic E-state index is 0.231. The summed E-state index contributed by atoms with van der Waals surface area (Å²) < 4.78 is 4.49. The van der Waals surface area contributed by atoms with E-state index in [0.29, 0.717) is 0 Å². The van der Waals surface area contributed by atoms with E-state index in [1.54, 1.807) is 0 Å². The molecule has 1 N–H and O–H groups in total. The summed E-state index contributed by atoms with van der Waals surface area (Å²) >= 11 is 0. The molecule has 0 heterocycles. The van der Waals surface area contributed by atoms with E-state index >= 15 is 0 Å². The zero-order valence-corrected chi connectivity index (χ0v) is 8.02. The van der Waals surface area contributed by atoms with Gasteiger partial charge in [0.25, 0.3) is 0 Å². The Morgan fingerprint density at radius 1 is 1.50 bits per heavy atom. The Kier molecular flexibility index (Phi) is 6.15. The van der Waals surface area contributed by atoms with Gasteiger partial charge in [0.1, 0.15) is 6.54 Å². The van der Waals surface area contributed by atoms with Gasteiger partial charge in [-0.1, -0.05) is 19.9 Å². The van der Waals surface area contributed by atoms with Crippen LogP contribution in [0.1, 0.15) is 26.7 Å². The fourth-order valence-electron chi connectivity index (χ4n) is 0.846. The molecule has 0 aromatic carbocycles. The largest absolute Gasteiger partial charge is 0.468 e. The molecule has 0 aromatic heterocycles. The molecule has 0 saturated carbocycles. The number of allylic oxidation sites excluding steroid dienone is 2. The first kappa shape index (κ1) is 11.0. The second-order valence-corrected chi connectivity index (χ2v) is 2.42. The van der Waals surface area contributed by atoms with Gasteiger partial charge in [-0.2, -0.15) is 0 Å². The molecule has 0 atom stereocenters. The Morgan fingerprint density at radius 3 is 2.58 bits per heavy atom. The fraction of sp³-hybridized carbons (Fsp3) is 0.667. The Bertz CT molecular complexity index is 164. The van der Waals surface area contributed by atoms with Crippen molar-refractivity contribution in [1.82, 2.24) is 5.32 Å². The second-order valence-electron chi connectivity index (χ2n) is 2.42. The Hall–Kier alpha value is -0.990. The highest BCUT2D eigenvalue weighted by Crippen LogP contribution is 1.96. The van der Waals surface area contributed by atoms with Gasteiger partial charge in [0, 0.05) is 5.70 Å². The number of hydrogen-bond donors (Lipinski definition) is 1. The molecule has 0 aliphatic rings. The maximum Gasteiger partial charge on any atom is 0.325 e. The van der Waals surface area contributed by atoms with Crippen molar-refractivity contribution in [3.63, 3.8) is 0 Å². The summed E-state index contributed by atoms with van der Waals surface area (Å²) in [5.41, 5.74) is 1.10. The van der Waals surface area contributed by atoms with Crippen molar-refractivity contribution in [3.8, 4) is 0 Å². The summed E-state index contributed by atoms with van der Waals surface area (Å²) in [4.78, 5) is 10.7. The number of carbonyl (C=O) groups excluding carboxylic acids is 1. The van der Waals surface area contributed by atoms with Crippen molar-refractivity contribution >= 4 is 5.97 Å². The highest BCUT2D eigenvalue weighted by Gasteiger charge is 1.99. The molecule has 0 aromatic rings. The number of ether oxygens (including phenoxy) is 1. The lowest BCUT2D eigenvalue weighted by Gasteiger charge is -2.06. The molecular formula is C9H17NO2. The van der Waals surface area contributed by atoms with Crippen LogP contribution < -0.4 is 5.32 Å². The molecule has 0 amide bonds. The Balaban J connectivity index is 3.73. The van der Waals surface area contributed by atoms with Gasteiger partial charge in [0.15, 0.2) is 0 Å². The Morgan fingerprint density at radius 2 is 2.17 bits per heavy atom. The van der Waals surface area contributed by atoms with Crippen LogP contribution in [0.15, 0.2) is 11.8 Å². The maximum absolute atomic E-state index is 10.7. The lowest BCUT2D eigenvalue weighted by atomic mass is 10.3.